The van der Waals surface area contributed by atoms with Gasteiger partial charge in [-0.1, -0.05) is 24.1 Å². The first-order valence-electron chi connectivity index (χ1n) is 8.56. The van der Waals surface area contributed by atoms with E-state index in [1.807, 2.05) is 35.4 Å². The Morgan fingerprint density at radius 2 is 2.08 bits per heavy atom. The summed E-state index contributed by atoms with van der Waals surface area (Å²) in [5.41, 5.74) is 1.36. The minimum atomic E-state index is 0.0287. The molecule has 6 heteroatoms. The zero-order chi connectivity index (χ0) is 16.5. The van der Waals surface area contributed by atoms with Crippen LogP contribution in [0.4, 0.5) is 0 Å². The summed E-state index contributed by atoms with van der Waals surface area (Å²) in [6.07, 6.45) is 5.57. The van der Waals surface area contributed by atoms with Crippen LogP contribution in [0.5, 0.6) is 0 Å². The van der Waals surface area contributed by atoms with Crippen LogP contribution in [0.15, 0.2) is 36.5 Å². The zero-order valence-corrected chi connectivity index (χ0v) is 14.3. The number of benzene rings is 1. The molecule has 126 valence electrons. The van der Waals surface area contributed by atoms with E-state index in [9.17, 15) is 4.79 Å². The van der Waals surface area contributed by atoms with Crippen LogP contribution in [0.25, 0.3) is 5.69 Å². The molecule has 4 rings (SSSR count). The van der Waals surface area contributed by atoms with Crippen molar-refractivity contribution < 1.29 is 4.79 Å². The van der Waals surface area contributed by atoms with Gasteiger partial charge in [0.15, 0.2) is 5.69 Å². The lowest BCUT2D eigenvalue weighted by molar-refractivity contribution is 0.0368. The summed E-state index contributed by atoms with van der Waals surface area (Å²) >= 11 is 6.03. The molecule has 2 saturated heterocycles. The van der Waals surface area contributed by atoms with Crippen molar-refractivity contribution in [3.05, 3.63) is 47.2 Å². The standard InChI is InChI=1S/C18H21ClN4O/c19-14-4-3-6-15(12-14)23-9-7-17(20-23)18(24)22-11-10-21-8-2-1-5-16(21)13-22/h3-4,6-7,9,12,16H,1-2,5,8,10-11,13H2. The highest BCUT2D eigenvalue weighted by molar-refractivity contribution is 6.30. The second-order valence-electron chi connectivity index (χ2n) is 6.56. The van der Waals surface area contributed by atoms with Crippen molar-refractivity contribution in [1.29, 1.82) is 0 Å². The molecule has 2 aliphatic rings. The fourth-order valence-corrected chi connectivity index (χ4v) is 3.89. The van der Waals surface area contributed by atoms with Gasteiger partial charge in [0.25, 0.3) is 5.91 Å². The summed E-state index contributed by atoms with van der Waals surface area (Å²) in [4.78, 5) is 17.3. The third kappa shape index (κ3) is 3.06. The van der Waals surface area contributed by atoms with Gasteiger partial charge in [-0.05, 0) is 43.7 Å². The number of halogens is 1. The van der Waals surface area contributed by atoms with E-state index in [1.54, 1.807) is 10.7 Å². The minimum absolute atomic E-state index is 0.0287. The third-order valence-corrected chi connectivity index (χ3v) is 5.24. The molecule has 1 atom stereocenters. The van der Waals surface area contributed by atoms with Gasteiger partial charge in [0.05, 0.1) is 5.69 Å². The topological polar surface area (TPSA) is 41.4 Å². The second-order valence-corrected chi connectivity index (χ2v) is 7.00. The number of hydrogen-bond donors (Lipinski definition) is 0. The molecule has 2 fully saturated rings. The van der Waals surface area contributed by atoms with Crippen LogP contribution in [0.3, 0.4) is 0 Å². The number of hydrogen-bond acceptors (Lipinski definition) is 3. The Hall–Kier alpha value is -1.85. The molecule has 0 spiro atoms. The average molecular weight is 345 g/mol. The maximum atomic E-state index is 12.8. The molecule has 1 unspecified atom stereocenters. The minimum Gasteiger partial charge on any atom is -0.334 e. The Balaban J connectivity index is 1.49. The Morgan fingerprint density at radius 3 is 2.96 bits per heavy atom. The molecule has 5 nitrogen and oxygen atoms in total. The number of carbonyl (C=O) groups is 1. The molecule has 0 saturated carbocycles. The van der Waals surface area contributed by atoms with Crippen LogP contribution in [0, 0.1) is 0 Å². The van der Waals surface area contributed by atoms with E-state index in [0.717, 1.165) is 25.3 Å². The van der Waals surface area contributed by atoms with Gasteiger partial charge in [0.2, 0.25) is 0 Å². The molecule has 0 N–H and O–H groups in total. The third-order valence-electron chi connectivity index (χ3n) is 5.01. The lowest BCUT2D eigenvalue weighted by Gasteiger charge is -2.43. The zero-order valence-electron chi connectivity index (χ0n) is 13.6. The maximum Gasteiger partial charge on any atom is 0.274 e. The van der Waals surface area contributed by atoms with Crippen LogP contribution < -0.4 is 0 Å². The van der Waals surface area contributed by atoms with Crippen molar-refractivity contribution in [2.24, 2.45) is 0 Å². The monoisotopic (exact) mass is 344 g/mol. The summed E-state index contributed by atoms with van der Waals surface area (Å²) in [7, 11) is 0. The molecule has 0 aliphatic carbocycles. The van der Waals surface area contributed by atoms with Crippen molar-refractivity contribution in [2.75, 3.05) is 26.2 Å². The maximum absolute atomic E-state index is 12.8. The summed E-state index contributed by atoms with van der Waals surface area (Å²) in [6, 6.07) is 9.77. The van der Waals surface area contributed by atoms with E-state index < -0.39 is 0 Å². The van der Waals surface area contributed by atoms with E-state index in [0.29, 0.717) is 16.8 Å². The number of nitrogens with zero attached hydrogens (tertiary/aromatic N) is 4. The summed E-state index contributed by atoms with van der Waals surface area (Å²) in [5, 5.41) is 5.11. The fourth-order valence-electron chi connectivity index (χ4n) is 3.70. The predicted octanol–water partition coefficient (Wildman–Crippen LogP) is 2.84. The summed E-state index contributed by atoms with van der Waals surface area (Å²) in [6.45, 7) is 3.77. The quantitative estimate of drug-likeness (QED) is 0.841. The van der Waals surface area contributed by atoms with E-state index in [2.05, 4.69) is 10.00 Å². The molecule has 0 radical (unpaired) electrons. The number of piperidine rings is 1. The van der Waals surface area contributed by atoms with Gasteiger partial charge < -0.3 is 4.90 Å². The van der Waals surface area contributed by atoms with Gasteiger partial charge in [-0.25, -0.2) is 4.68 Å². The van der Waals surface area contributed by atoms with Crippen molar-refractivity contribution in [3.8, 4) is 5.69 Å². The van der Waals surface area contributed by atoms with E-state index in [-0.39, 0.29) is 5.91 Å². The van der Waals surface area contributed by atoms with Crippen molar-refractivity contribution in [1.82, 2.24) is 19.6 Å². The lowest BCUT2D eigenvalue weighted by Crippen LogP contribution is -2.56. The SMILES string of the molecule is O=C(c1ccn(-c2cccc(Cl)c2)n1)N1CCN2CCCCC2C1. The molecule has 3 heterocycles. The molecule has 2 aromatic rings. The molecular weight excluding hydrogens is 324 g/mol. The van der Waals surface area contributed by atoms with Crippen molar-refractivity contribution in [2.45, 2.75) is 25.3 Å². The largest absolute Gasteiger partial charge is 0.334 e. The Bertz CT molecular complexity index is 744. The van der Waals surface area contributed by atoms with Gasteiger partial charge in [-0.15, -0.1) is 0 Å². The first-order chi connectivity index (χ1) is 11.7. The smallest absolute Gasteiger partial charge is 0.274 e. The molecule has 24 heavy (non-hydrogen) atoms. The highest BCUT2D eigenvalue weighted by atomic mass is 35.5. The number of amides is 1. The molecule has 2 aliphatic heterocycles. The number of fused-ring (bicyclic) bond motifs is 1. The molecule has 0 bridgehead atoms. The number of carbonyl (C=O) groups excluding carboxylic acids is 1. The van der Waals surface area contributed by atoms with E-state index >= 15 is 0 Å². The molecular formula is C18H21ClN4O. The second kappa shape index (κ2) is 6.57. The van der Waals surface area contributed by atoms with E-state index in [4.69, 9.17) is 11.6 Å². The van der Waals surface area contributed by atoms with Gasteiger partial charge in [0.1, 0.15) is 0 Å². The first kappa shape index (κ1) is 15.7. The van der Waals surface area contributed by atoms with Gasteiger partial charge in [-0.3, -0.25) is 9.69 Å². The van der Waals surface area contributed by atoms with Crippen LogP contribution in [-0.4, -0.2) is 57.7 Å². The number of rotatable bonds is 2. The number of piperazine rings is 1. The highest BCUT2D eigenvalue weighted by Crippen LogP contribution is 2.22. The lowest BCUT2D eigenvalue weighted by atomic mass is 9.99. The summed E-state index contributed by atoms with van der Waals surface area (Å²) in [5.74, 6) is 0.0287. The fraction of sp³-hybridized carbons (Fsp3) is 0.444. The van der Waals surface area contributed by atoms with Crippen LogP contribution >= 0.6 is 11.6 Å². The summed E-state index contributed by atoms with van der Waals surface area (Å²) < 4.78 is 1.70. The molecule has 1 amide bonds. The van der Waals surface area contributed by atoms with Gasteiger partial charge in [0, 0.05) is 36.9 Å². The Kier molecular flexibility index (Phi) is 4.29. The highest BCUT2D eigenvalue weighted by Gasteiger charge is 2.31. The van der Waals surface area contributed by atoms with Crippen molar-refractivity contribution in [3.63, 3.8) is 0 Å². The van der Waals surface area contributed by atoms with Crippen molar-refractivity contribution >= 4 is 17.5 Å². The number of aromatic nitrogens is 2. The Morgan fingerprint density at radius 1 is 1.17 bits per heavy atom. The van der Waals surface area contributed by atoms with Crippen LogP contribution in [0.2, 0.25) is 5.02 Å². The van der Waals surface area contributed by atoms with Crippen LogP contribution in [0.1, 0.15) is 29.8 Å². The predicted molar refractivity (Wildman–Crippen MR) is 93.7 cm³/mol. The first-order valence-corrected chi connectivity index (χ1v) is 8.93. The van der Waals surface area contributed by atoms with Gasteiger partial charge >= 0.3 is 0 Å². The average Bonchev–Trinajstić information content (AvgIpc) is 3.11. The Labute approximate surface area is 146 Å². The molecule has 1 aromatic carbocycles. The normalized spacial score (nSPS) is 21.5. The van der Waals surface area contributed by atoms with Crippen LogP contribution in [-0.2, 0) is 0 Å². The van der Waals surface area contributed by atoms with E-state index in [1.165, 1.54) is 25.8 Å². The molecule has 1 aromatic heterocycles. The van der Waals surface area contributed by atoms with Gasteiger partial charge in [-0.2, -0.15) is 5.10 Å².